The number of aliphatic hydroxyl groups excluding tert-OH is 17. The quantitative estimate of drug-likeness (QED) is 0.0819. The van der Waals surface area contributed by atoms with Crippen LogP contribution in [0.3, 0.4) is 0 Å². The maximum absolute atomic E-state index is 11.4. The number of hydrogen-bond donors (Lipinski definition) is 17. The first kappa shape index (κ1) is 46.0. The Morgan fingerprint density at radius 1 is 0.268 bits per heavy atom. The van der Waals surface area contributed by atoms with Crippen LogP contribution in [0.1, 0.15) is 0 Å². The first-order valence-corrected chi connectivity index (χ1v) is 17.6. The second-order valence-electron chi connectivity index (χ2n) is 13.9. The van der Waals surface area contributed by atoms with Crippen LogP contribution in [-0.2, 0) is 42.6 Å². The molecule has 0 aromatic rings. The fourth-order valence-corrected chi connectivity index (χ4v) is 7.01. The first-order valence-electron chi connectivity index (χ1n) is 17.6. The van der Waals surface area contributed by atoms with E-state index in [0.717, 1.165) is 0 Å². The first-order chi connectivity index (χ1) is 26.5. The van der Waals surface area contributed by atoms with E-state index < -0.39 is 187 Å². The molecule has 0 aliphatic carbocycles. The lowest BCUT2D eigenvalue weighted by Gasteiger charge is -2.49. The van der Waals surface area contributed by atoms with Crippen molar-refractivity contribution in [1.82, 2.24) is 0 Å². The molecule has 26 heteroatoms. The number of rotatable bonds is 13. The molecule has 26 nitrogen and oxygen atoms in total. The monoisotopic (exact) mass is 828 g/mol. The molecule has 11 unspecified atom stereocenters. The molecular formula is C30H52O26. The van der Waals surface area contributed by atoms with E-state index in [2.05, 4.69) is 0 Å². The molecule has 0 saturated carbocycles. The lowest BCUT2D eigenvalue weighted by Crippen LogP contribution is -2.68. The van der Waals surface area contributed by atoms with Crippen molar-refractivity contribution in [3.8, 4) is 0 Å². The molecule has 5 rings (SSSR count). The minimum Gasteiger partial charge on any atom is -0.394 e. The number of hydrogen-bond acceptors (Lipinski definition) is 26. The summed E-state index contributed by atoms with van der Waals surface area (Å²) in [7, 11) is 0. The fourth-order valence-electron chi connectivity index (χ4n) is 7.01. The van der Waals surface area contributed by atoms with Crippen LogP contribution in [-0.4, -0.2) is 273 Å². The zero-order valence-corrected chi connectivity index (χ0v) is 29.2. The zero-order valence-electron chi connectivity index (χ0n) is 29.2. The predicted octanol–water partition coefficient (Wildman–Crippen LogP) is -11.9. The topological polar surface area (TPSA) is 427 Å². The molecule has 5 saturated heterocycles. The van der Waals surface area contributed by atoms with Crippen LogP contribution in [0, 0.1) is 0 Å². The molecule has 0 bridgehead atoms. The Balaban J connectivity index is 1.34. The standard InChI is InChI=1S/C30H52O26/c31-1-6-11(36)16(41)17(42)27(49-6)54-23-13(38)8(3-33)51-29(19(23)44)56-25-15(40)10(5-35)52-30(21(25)46)55-24-14(39)9(4-34)50-28(20(24)45)53-22-12(37)7(2-32)48-26(47)18(22)43/h6-47H,1-5H2/t6?,7?,8?,9?,10?,11-,12-,13-,14-,15-,16+,17?,18?,19?,20?,21?,22+,23+,24+,25+,26?,27+,28+,29+,30+/m1/s1. The Bertz CT molecular complexity index is 1210. The van der Waals surface area contributed by atoms with Gasteiger partial charge in [-0.2, -0.15) is 0 Å². The molecule has 5 aliphatic rings. The van der Waals surface area contributed by atoms with E-state index in [0.29, 0.717) is 0 Å². The molecule has 25 atom stereocenters. The summed E-state index contributed by atoms with van der Waals surface area (Å²) in [5.41, 5.74) is 0. The third kappa shape index (κ3) is 9.16. The maximum Gasteiger partial charge on any atom is 0.187 e. The second kappa shape index (κ2) is 19.6. The molecule has 0 radical (unpaired) electrons. The third-order valence-corrected chi connectivity index (χ3v) is 10.3. The molecule has 0 aromatic heterocycles. The Morgan fingerprint density at radius 3 is 0.821 bits per heavy atom. The molecule has 17 N–H and O–H groups in total. The van der Waals surface area contributed by atoms with Crippen molar-refractivity contribution < 1.29 is 129 Å². The van der Waals surface area contributed by atoms with Gasteiger partial charge in [0.05, 0.1) is 33.0 Å². The molecule has 0 aromatic carbocycles. The summed E-state index contributed by atoms with van der Waals surface area (Å²) in [6, 6.07) is 0. The smallest absolute Gasteiger partial charge is 0.187 e. The lowest BCUT2D eigenvalue weighted by molar-refractivity contribution is -0.395. The van der Waals surface area contributed by atoms with Crippen LogP contribution >= 0.6 is 0 Å². The summed E-state index contributed by atoms with van der Waals surface area (Å²) in [5.74, 6) is 0. The van der Waals surface area contributed by atoms with E-state index in [1.165, 1.54) is 0 Å². The molecule has 5 fully saturated rings. The van der Waals surface area contributed by atoms with Crippen molar-refractivity contribution in [2.24, 2.45) is 0 Å². The highest BCUT2D eigenvalue weighted by atomic mass is 16.8. The van der Waals surface area contributed by atoms with Crippen LogP contribution in [0.5, 0.6) is 0 Å². The molecule has 0 spiro atoms. The van der Waals surface area contributed by atoms with Crippen LogP contribution < -0.4 is 0 Å². The van der Waals surface area contributed by atoms with Crippen LogP contribution in [0.15, 0.2) is 0 Å². The minimum absolute atomic E-state index is 0.837. The van der Waals surface area contributed by atoms with Gasteiger partial charge in [0, 0.05) is 0 Å². The highest BCUT2D eigenvalue weighted by molar-refractivity contribution is 4.99. The van der Waals surface area contributed by atoms with Gasteiger partial charge in [0.15, 0.2) is 31.5 Å². The van der Waals surface area contributed by atoms with E-state index >= 15 is 0 Å². The molecule has 0 amide bonds. The van der Waals surface area contributed by atoms with Crippen LogP contribution in [0.25, 0.3) is 0 Å². The highest BCUT2D eigenvalue weighted by Crippen LogP contribution is 2.35. The summed E-state index contributed by atoms with van der Waals surface area (Å²) in [6.45, 7) is -4.58. The predicted molar refractivity (Wildman–Crippen MR) is 167 cm³/mol. The van der Waals surface area contributed by atoms with Gasteiger partial charge in [0.25, 0.3) is 0 Å². The van der Waals surface area contributed by atoms with Crippen LogP contribution in [0.2, 0.25) is 0 Å². The van der Waals surface area contributed by atoms with Gasteiger partial charge in [-0.1, -0.05) is 0 Å². The van der Waals surface area contributed by atoms with Gasteiger partial charge in [-0.15, -0.1) is 0 Å². The lowest BCUT2D eigenvalue weighted by atomic mass is 9.95. The molecule has 5 aliphatic heterocycles. The van der Waals surface area contributed by atoms with Crippen molar-refractivity contribution in [3.63, 3.8) is 0 Å². The Morgan fingerprint density at radius 2 is 0.518 bits per heavy atom. The van der Waals surface area contributed by atoms with Crippen molar-refractivity contribution in [1.29, 1.82) is 0 Å². The Hall–Kier alpha value is -1.04. The second-order valence-corrected chi connectivity index (χ2v) is 13.9. The van der Waals surface area contributed by atoms with Crippen LogP contribution in [0.4, 0.5) is 0 Å². The average molecular weight is 829 g/mol. The van der Waals surface area contributed by atoms with Crippen molar-refractivity contribution in [2.45, 2.75) is 154 Å². The molecular weight excluding hydrogens is 776 g/mol. The largest absolute Gasteiger partial charge is 0.394 e. The summed E-state index contributed by atoms with van der Waals surface area (Å²) in [6.07, 6.45) is -47.2. The van der Waals surface area contributed by atoms with E-state index in [4.69, 9.17) is 42.6 Å². The normalized spacial score (nSPS) is 53.2. The highest BCUT2D eigenvalue weighted by Gasteiger charge is 2.56. The van der Waals surface area contributed by atoms with E-state index in [-0.39, 0.29) is 0 Å². The van der Waals surface area contributed by atoms with Crippen molar-refractivity contribution >= 4 is 0 Å². The fraction of sp³-hybridized carbons (Fsp3) is 1.00. The zero-order chi connectivity index (χ0) is 41.3. The van der Waals surface area contributed by atoms with E-state index in [1.54, 1.807) is 0 Å². The van der Waals surface area contributed by atoms with Gasteiger partial charge in [0.1, 0.15) is 122 Å². The van der Waals surface area contributed by atoms with E-state index in [9.17, 15) is 86.8 Å². The SMILES string of the molecule is OCC1O[C@@H](O[C@@H]2C(O)[C@H](O[C@@H]3C(O)[C@H](O[C@@H]4C(O)[C@H](O[C@@H]5C(O)C(O)OC(CO)[C@H]5O)OC(CO)[C@H]4O)OC(CO)[C@H]3O)OC(CO)[C@H]2O)C(O)[C@@H](O)[C@@H]1O. The number of aliphatic hydroxyl groups is 17. The summed E-state index contributed by atoms with van der Waals surface area (Å²) < 4.78 is 48.9. The average Bonchev–Trinajstić information content (AvgIpc) is 3.18. The van der Waals surface area contributed by atoms with Gasteiger partial charge in [0.2, 0.25) is 0 Å². The van der Waals surface area contributed by atoms with Gasteiger partial charge >= 0.3 is 0 Å². The maximum atomic E-state index is 11.4. The molecule has 328 valence electrons. The minimum atomic E-state index is -2.18. The summed E-state index contributed by atoms with van der Waals surface area (Å²) in [4.78, 5) is 0. The van der Waals surface area contributed by atoms with E-state index in [1.807, 2.05) is 0 Å². The van der Waals surface area contributed by atoms with Gasteiger partial charge in [-0.3, -0.25) is 0 Å². The van der Waals surface area contributed by atoms with Crippen molar-refractivity contribution in [3.05, 3.63) is 0 Å². The number of ether oxygens (including phenoxy) is 9. The molecule has 56 heavy (non-hydrogen) atoms. The van der Waals surface area contributed by atoms with Gasteiger partial charge in [-0.25, -0.2) is 0 Å². The summed E-state index contributed by atoms with van der Waals surface area (Å²) in [5, 5.41) is 177. The summed E-state index contributed by atoms with van der Waals surface area (Å²) >= 11 is 0. The van der Waals surface area contributed by atoms with Crippen molar-refractivity contribution in [2.75, 3.05) is 33.0 Å². The third-order valence-electron chi connectivity index (χ3n) is 10.3. The Kier molecular flexibility index (Phi) is 16.1. The molecule has 5 heterocycles. The Labute approximate surface area is 316 Å². The van der Waals surface area contributed by atoms with Gasteiger partial charge in [-0.05, 0) is 0 Å². The van der Waals surface area contributed by atoms with Gasteiger partial charge < -0.3 is 129 Å².